The maximum absolute atomic E-state index is 14.4. The van der Waals surface area contributed by atoms with Gasteiger partial charge in [0.15, 0.2) is 23.7 Å². The Bertz CT molecular complexity index is 1060. The molecule has 3 rings (SSSR count). The lowest BCUT2D eigenvalue weighted by molar-refractivity contribution is -0.273. The number of halogens is 6. The molecule has 186 valence electrons. The first-order valence-electron chi connectivity index (χ1n) is 9.54. The summed E-state index contributed by atoms with van der Waals surface area (Å²) in [6.45, 7) is -0.793. The molecule has 4 unspecified atom stereocenters. The lowest BCUT2D eigenvalue weighted by Crippen LogP contribution is -2.53. The molecule has 0 bridgehead atoms. The van der Waals surface area contributed by atoms with Gasteiger partial charge in [-0.3, -0.25) is 0 Å². The Balaban J connectivity index is 1.80. The molecule has 2 aromatic carbocycles. The van der Waals surface area contributed by atoms with E-state index < -0.39 is 53.8 Å². The van der Waals surface area contributed by atoms with Crippen LogP contribution in [0.3, 0.4) is 0 Å². The zero-order valence-electron chi connectivity index (χ0n) is 17.1. The Morgan fingerprint density at radius 2 is 1.65 bits per heavy atom. The van der Waals surface area contributed by atoms with Crippen LogP contribution in [0, 0.1) is 23.3 Å². The van der Waals surface area contributed by atoms with Gasteiger partial charge in [0.2, 0.25) is 0 Å². The summed E-state index contributed by atoms with van der Waals surface area (Å²) in [5.74, 6) is 0.717. The number of hydrazine groups is 1. The van der Waals surface area contributed by atoms with Crippen molar-refractivity contribution in [1.29, 1.82) is 0 Å². The van der Waals surface area contributed by atoms with E-state index in [1.54, 1.807) is 0 Å². The molecule has 1 aliphatic heterocycles. The normalized spacial score (nSPS) is 23.3. The molecule has 14 heteroatoms. The number of aliphatic hydroxyl groups is 2. The van der Waals surface area contributed by atoms with Crippen molar-refractivity contribution in [2.75, 3.05) is 13.2 Å². The Hall–Kier alpha value is -1.77. The van der Waals surface area contributed by atoms with Crippen LogP contribution >= 0.6 is 35.0 Å². The summed E-state index contributed by atoms with van der Waals surface area (Å²) < 4.78 is 65.7. The Morgan fingerprint density at radius 1 is 1.03 bits per heavy atom. The fraction of sp³-hybridized carbons (Fsp3) is 0.300. The lowest BCUT2D eigenvalue weighted by atomic mass is 10.1. The van der Waals surface area contributed by atoms with Crippen LogP contribution in [0.5, 0.6) is 0 Å². The highest BCUT2D eigenvalue weighted by molar-refractivity contribution is 7.99. The van der Waals surface area contributed by atoms with Crippen LogP contribution in [0.4, 0.5) is 17.6 Å². The van der Waals surface area contributed by atoms with E-state index >= 15 is 0 Å². The van der Waals surface area contributed by atoms with Gasteiger partial charge in [-0.25, -0.2) is 23.4 Å². The highest BCUT2D eigenvalue weighted by atomic mass is 35.5. The second-order valence-electron chi connectivity index (χ2n) is 7.14. The maximum Gasteiger partial charge on any atom is 0.194 e. The molecule has 4 atom stereocenters. The number of thioether (sulfide) groups is 1. The molecule has 6 N–H and O–H groups in total. The summed E-state index contributed by atoms with van der Waals surface area (Å²) in [5.41, 5.74) is 4.45. The molecule has 1 aliphatic rings. The van der Waals surface area contributed by atoms with Gasteiger partial charge in [0.05, 0.1) is 28.9 Å². The van der Waals surface area contributed by atoms with Crippen molar-refractivity contribution in [3.05, 3.63) is 69.3 Å². The van der Waals surface area contributed by atoms with Gasteiger partial charge in [0.1, 0.15) is 23.5 Å². The molecular formula is C20H19Cl2F4N3O4S. The van der Waals surface area contributed by atoms with Gasteiger partial charge in [-0.15, -0.1) is 0 Å². The summed E-state index contributed by atoms with van der Waals surface area (Å²) in [5, 5.41) is 20.6. The van der Waals surface area contributed by atoms with E-state index in [2.05, 4.69) is 0 Å². The van der Waals surface area contributed by atoms with Gasteiger partial charge < -0.3 is 30.4 Å². The molecule has 0 aliphatic carbocycles. The Labute approximate surface area is 205 Å². The largest absolute Gasteiger partial charge is 0.397 e. The van der Waals surface area contributed by atoms with E-state index in [-0.39, 0.29) is 32.7 Å². The van der Waals surface area contributed by atoms with Gasteiger partial charge >= 0.3 is 0 Å². The van der Waals surface area contributed by atoms with Crippen molar-refractivity contribution < 1.29 is 37.2 Å². The molecule has 0 radical (unpaired) electrons. The van der Waals surface area contributed by atoms with Crippen LogP contribution in [0.2, 0.25) is 10.0 Å². The third-order valence-electron chi connectivity index (χ3n) is 4.66. The standard InChI is InChI=1S/C20H19Cl2F4N3O4S/c21-9-3-11(23)17(4-10(9)22)34-20-15(32-19(31)16(7-30)33-20)6-29(28)5-14(27)8-1-12(24)18(26)13(25)2-8/h1-5,15-16,19-20,30-31H,6-7,27-28H2/b14-5-. The molecule has 0 spiro atoms. The smallest absolute Gasteiger partial charge is 0.194 e. The molecule has 1 fully saturated rings. The molecule has 2 aromatic rings. The van der Waals surface area contributed by atoms with Crippen molar-refractivity contribution in [2.45, 2.75) is 28.8 Å². The van der Waals surface area contributed by atoms with E-state index in [1.165, 1.54) is 6.07 Å². The first-order valence-corrected chi connectivity index (χ1v) is 11.2. The van der Waals surface area contributed by atoms with Gasteiger partial charge in [-0.2, -0.15) is 0 Å². The SMILES string of the molecule is N/C(=C\N(N)CC1OC(O)C(CO)OC1Sc1cc(Cl)c(Cl)cc1F)c1cc(F)c(F)c(F)c1. The van der Waals surface area contributed by atoms with Crippen molar-refractivity contribution in [2.24, 2.45) is 11.6 Å². The van der Waals surface area contributed by atoms with E-state index in [4.69, 9.17) is 44.3 Å². The monoisotopic (exact) mass is 543 g/mol. The van der Waals surface area contributed by atoms with Gasteiger partial charge in [-0.05, 0) is 24.3 Å². The van der Waals surface area contributed by atoms with Gasteiger partial charge in [0.25, 0.3) is 0 Å². The first kappa shape index (κ1) is 26.8. The second kappa shape index (κ2) is 11.3. The van der Waals surface area contributed by atoms with Crippen molar-refractivity contribution in [3.63, 3.8) is 0 Å². The van der Waals surface area contributed by atoms with Gasteiger partial charge in [-0.1, -0.05) is 35.0 Å². The van der Waals surface area contributed by atoms with Crippen LogP contribution in [-0.2, 0) is 9.47 Å². The van der Waals surface area contributed by atoms with Crippen LogP contribution in [0.25, 0.3) is 5.70 Å². The quantitative estimate of drug-likeness (QED) is 0.138. The molecule has 0 amide bonds. The predicted molar refractivity (Wildman–Crippen MR) is 118 cm³/mol. The molecule has 7 nitrogen and oxygen atoms in total. The van der Waals surface area contributed by atoms with Crippen LogP contribution in [0.1, 0.15) is 5.56 Å². The molecule has 0 aromatic heterocycles. The van der Waals surface area contributed by atoms with E-state index in [9.17, 15) is 27.8 Å². The zero-order chi connectivity index (χ0) is 25.2. The Kier molecular flexibility index (Phi) is 8.93. The zero-order valence-corrected chi connectivity index (χ0v) is 19.4. The topological polar surface area (TPSA) is 114 Å². The summed E-state index contributed by atoms with van der Waals surface area (Å²) in [4.78, 5) is 0.0527. The van der Waals surface area contributed by atoms with Gasteiger partial charge in [0, 0.05) is 16.7 Å². The minimum absolute atomic E-state index is 0.00643. The average molecular weight is 544 g/mol. The van der Waals surface area contributed by atoms with Crippen molar-refractivity contribution >= 4 is 40.7 Å². The number of nitrogens with zero attached hydrogens (tertiary/aromatic N) is 1. The van der Waals surface area contributed by atoms with Crippen molar-refractivity contribution in [3.8, 4) is 0 Å². The number of benzene rings is 2. The van der Waals surface area contributed by atoms with E-state index in [1.807, 2.05) is 0 Å². The number of ether oxygens (including phenoxy) is 2. The van der Waals surface area contributed by atoms with Crippen molar-refractivity contribution in [1.82, 2.24) is 5.01 Å². The highest BCUT2D eigenvalue weighted by Gasteiger charge is 2.39. The van der Waals surface area contributed by atoms with Crippen LogP contribution in [0.15, 0.2) is 35.4 Å². The van der Waals surface area contributed by atoms with Crippen LogP contribution in [-0.4, -0.2) is 52.3 Å². The fourth-order valence-electron chi connectivity index (χ4n) is 2.98. The molecule has 1 heterocycles. The van der Waals surface area contributed by atoms with Crippen LogP contribution < -0.4 is 11.6 Å². The number of nitrogens with two attached hydrogens (primary N) is 2. The minimum atomic E-state index is -1.64. The number of hydrogen-bond acceptors (Lipinski definition) is 8. The average Bonchev–Trinajstić information content (AvgIpc) is 2.76. The summed E-state index contributed by atoms with van der Waals surface area (Å²) >= 11 is 12.6. The molecule has 0 saturated carbocycles. The highest BCUT2D eigenvalue weighted by Crippen LogP contribution is 2.37. The van der Waals surface area contributed by atoms with E-state index in [0.717, 1.165) is 29.0 Å². The lowest BCUT2D eigenvalue weighted by Gasteiger charge is -2.39. The number of hydrogen-bond donors (Lipinski definition) is 4. The summed E-state index contributed by atoms with van der Waals surface area (Å²) in [6.07, 6.45) is -2.56. The number of rotatable bonds is 7. The number of aliphatic hydroxyl groups excluding tert-OH is 2. The molecule has 1 saturated heterocycles. The first-order chi connectivity index (χ1) is 16.0. The second-order valence-corrected chi connectivity index (χ2v) is 9.09. The minimum Gasteiger partial charge on any atom is -0.397 e. The Morgan fingerprint density at radius 3 is 2.26 bits per heavy atom. The molecular weight excluding hydrogens is 525 g/mol. The fourth-order valence-corrected chi connectivity index (χ4v) is 4.47. The predicted octanol–water partition coefficient (Wildman–Crippen LogP) is 3.20. The summed E-state index contributed by atoms with van der Waals surface area (Å²) in [7, 11) is 0. The summed E-state index contributed by atoms with van der Waals surface area (Å²) in [6, 6.07) is 3.68. The maximum atomic E-state index is 14.4. The molecule has 34 heavy (non-hydrogen) atoms. The van der Waals surface area contributed by atoms with E-state index in [0.29, 0.717) is 12.1 Å². The third kappa shape index (κ3) is 6.26. The third-order valence-corrected chi connectivity index (χ3v) is 6.59.